The lowest BCUT2D eigenvalue weighted by Crippen LogP contribution is -2.40. The summed E-state index contributed by atoms with van der Waals surface area (Å²) in [5, 5.41) is 6.84. The van der Waals surface area contributed by atoms with Crippen LogP contribution in [0.25, 0.3) is 0 Å². The lowest BCUT2D eigenvalue weighted by molar-refractivity contribution is -0.123. The first-order valence-corrected chi connectivity index (χ1v) is 15.6. The Morgan fingerprint density at radius 1 is 0.841 bits per heavy atom. The fourth-order valence-electron chi connectivity index (χ4n) is 4.41. The number of sulfonamides is 1. The van der Waals surface area contributed by atoms with Crippen LogP contribution < -0.4 is 19.8 Å². The van der Waals surface area contributed by atoms with E-state index in [4.69, 9.17) is 4.74 Å². The van der Waals surface area contributed by atoms with E-state index in [1.165, 1.54) is 18.3 Å². The van der Waals surface area contributed by atoms with Gasteiger partial charge in [-0.3, -0.25) is 13.9 Å². The Hall–Kier alpha value is -4.96. The molecule has 9 nitrogen and oxygen atoms in total. The predicted octanol–water partition coefficient (Wildman–Crippen LogP) is 4.70. The van der Waals surface area contributed by atoms with Crippen molar-refractivity contribution in [2.24, 2.45) is 5.10 Å². The zero-order valence-corrected chi connectivity index (χ0v) is 25.8. The lowest BCUT2D eigenvalue weighted by Gasteiger charge is -2.25. The van der Waals surface area contributed by atoms with Gasteiger partial charge in [-0.2, -0.15) is 5.10 Å². The van der Waals surface area contributed by atoms with Gasteiger partial charge in [-0.25, -0.2) is 13.8 Å². The van der Waals surface area contributed by atoms with Crippen molar-refractivity contribution in [3.8, 4) is 5.75 Å². The molecule has 0 bridgehead atoms. The molecule has 0 spiro atoms. The fourth-order valence-corrected chi connectivity index (χ4v) is 5.89. The number of hydrogen-bond donors (Lipinski definition) is 2. The van der Waals surface area contributed by atoms with Crippen LogP contribution >= 0.6 is 0 Å². The molecule has 0 aliphatic rings. The highest BCUT2D eigenvalue weighted by molar-refractivity contribution is 7.92. The molecule has 0 unspecified atom stereocenters. The summed E-state index contributed by atoms with van der Waals surface area (Å²) in [5.41, 5.74) is 7.28. The third kappa shape index (κ3) is 9.02. The molecule has 4 rings (SSSR count). The van der Waals surface area contributed by atoms with E-state index < -0.39 is 22.5 Å². The van der Waals surface area contributed by atoms with Gasteiger partial charge in [0.05, 0.1) is 16.8 Å². The summed E-state index contributed by atoms with van der Waals surface area (Å²) < 4.78 is 33.9. The van der Waals surface area contributed by atoms with Crippen LogP contribution in [0.15, 0.2) is 107 Å². The Kier molecular flexibility index (Phi) is 10.9. The van der Waals surface area contributed by atoms with Crippen molar-refractivity contribution in [3.63, 3.8) is 0 Å². The van der Waals surface area contributed by atoms with Gasteiger partial charge in [0.1, 0.15) is 12.3 Å². The molecule has 0 fully saturated rings. The molecule has 2 N–H and O–H groups in total. The SMILES string of the molecule is Cc1ccc(S(=O)(=O)N(CC(=O)N/N=C\c2ccc(OCC(=O)NCCc3ccccc3)cc2)c2ccc(C)cc2C)cc1. The van der Waals surface area contributed by atoms with Crippen molar-refractivity contribution in [1.82, 2.24) is 10.7 Å². The molecule has 44 heavy (non-hydrogen) atoms. The van der Waals surface area contributed by atoms with E-state index in [0.29, 0.717) is 23.5 Å². The summed E-state index contributed by atoms with van der Waals surface area (Å²) in [7, 11) is -4.03. The highest BCUT2D eigenvalue weighted by atomic mass is 32.2. The van der Waals surface area contributed by atoms with Crippen LogP contribution in [0.2, 0.25) is 0 Å². The van der Waals surface area contributed by atoms with Crippen molar-refractivity contribution in [3.05, 3.63) is 125 Å². The normalized spacial score (nSPS) is 11.2. The molecule has 0 atom stereocenters. The van der Waals surface area contributed by atoms with E-state index in [-0.39, 0.29) is 17.4 Å². The van der Waals surface area contributed by atoms with Gasteiger partial charge in [-0.15, -0.1) is 0 Å². The lowest BCUT2D eigenvalue weighted by atomic mass is 10.1. The molecular weight excluding hydrogens is 576 g/mol. The molecule has 0 radical (unpaired) electrons. The molecule has 0 aliphatic carbocycles. The first-order valence-electron chi connectivity index (χ1n) is 14.1. The second-order valence-electron chi connectivity index (χ2n) is 10.4. The van der Waals surface area contributed by atoms with Crippen LogP contribution in [0.4, 0.5) is 5.69 Å². The summed E-state index contributed by atoms with van der Waals surface area (Å²) >= 11 is 0. The third-order valence-corrected chi connectivity index (χ3v) is 8.52. The number of carbonyl (C=O) groups is 2. The second-order valence-corrected chi connectivity index (χ2v) is 12.2. The van der Waals surface area contributed by atoms with Crippen molar-refractivity contribution in [2.45, 2.75) is 32.1 Å². The van der Waals surface area contributed by atoms with E-state index in [9.17, 15) is 18.0 Å². The van der Waals surface area contributed by atoms with Crippen molar-refractivity contribution < 1.29 is 22.7 Å². The fraction of sp³-hybridized carbons (Fsp3) is 0.206. The Labute approximate surface area is 258 Å². The number of amides is 2. The van der Waals surface area contributed by atoms with Gasteiger partial charge in [0.15, 0.2) is 6.61 Å². The van der Waals surface area contributed by atoms with Gasteiger partial charge in [-0.05, 0) is 86.3 Å². The molecule has 0 saturated heterocycles. The highest BCUT2D eigenvalue weighted by Crippen LogP contribution is 2.27. The van der Waals surface area contributed by atoms with E-state index in [1.807, 2.05) is 63.2 Å². The second kappa shape index (κ2) is 15.0. The molecule has 0 saturated carbocycles. The number of hydrazone groups is 1. The van der Waals surface area contributed by atoms with Gasteiger partial charge in [-0.1, -0.05) is 65.7 Å². The topological polar surface area (TPSA) is 117 Å². The molecule has 0 aliphatic heterocycles. The Balaban J connectivity index is 1.32. The number of anilines is 1. The molecular formula is C34H36N4O5S. The minimum Gasteiger partial charge on any atom is -0.484 e. The number of nitrogens with one attached hydrogen (secondary N) is 2. The molecule has 0 aromatic heterocycles. The number of ether oxygens (including phenoxy) is 1. The molecule has 4 aromatic carbocycles. The van der Waals surface area contributed by atoms with Crippen LogP contribution in [0.3, 0.4) is 0 Å². The van der Waals surface area contributed by atoms with E-state index in [2.05, 4.69) is 15.8 Å². The molecule has 2 amide bonds. The van der Waals surface area contributed by atoms with E-state index >= 15 is 0 Å². The Morgan fingerprint density at radius 2 is 1.52 bits per heavy atom. The number of aryl methyl sites for hydroxylation is 3. The minimum atomic E-state index is -4.03. The maximum atomic E-state index is 13.6. The monoisotopic (exact) mass is 612 g/mol. The quantitative estimate of drug-likeness (QED) is 0.168. The highest BCUT2D eigenvalue weighted by Gasteiger charge is 2.28. The standard InChI is InChI=1S/C34H36N4O5S/c1-25-9-16-31(17-10-25)44(41,42)38(32-18-11-26(2)21-27(32)3)23-33(39)37-36-22-29-12-14-30(15-13-29)43-24-34(40)35-20-19-28-7-5-4-6-8-28/h4-18,21-22H,19-20,23-24H2,1-3H3,(H,35,40)(H,37,39)/b36-22-. The molecule has 4 aromatic rings. The zero-order valence-electron chi connectivity index (χ0n) is 25.0. The average molecular weight is 613 g/mol. The number of nitrogens with zero attached hydrogens (tertiary/aromatic N) is 2. The van der Waals surface area contributed by atoms with E-state index in [1.54, 1.807) is 42.5 Å². The van der Waals surface area contributed by atoms with Gasteiger partial charge >= 0.3 is 0 Å². The minimum absolute atomic E-state index is 0.0892. The summed E-state index contributed by atoms with van der Waals surface area (Å²) in [6.45, 7) is 5.55. The largest absolute Gasteiger partial charge is 0.484 e. The van der Waals surface area contributed by atoms with Gasteiger partial charge in [0, 0.05) is 6.54 Å². The summed E-state index contributed by atoms with van der Waals surface area (Å²) in [5.74, 6) is -0.307. The predicted molar refractivity (Wildman–Crippen MR) is 172 cm³/mol. The number of hydrogen-bond acceptors (Lipinski definition) is 6. The van der Waals surface area contributed by atoms with Crippen LogP contribution in [0, 0.1) is 20.8 Å². The third-order valence-electron chi connectivity index (χ3n) is 6.75. The first kappa shape index (κ1) is 32.0. The average Bonchev–Trinajstić information content (AvgIpc) is 3.00. The number of carbonyl (C=O) groups excluding carboxylic acids is 2. The van der Waals surface area contributed by atoms with Crippen LogP contribution in [0.5, 0.6) is 5.75 Å². The number of rotatable bonds is 13. The Morgan fingerprint density at radius 3 is 2.20 bits per heavy atom. The first-order chi connectivity index (χ1) is 21.1. The van der Waals surface area contributed by atoms with E-state index in [0.717, 1.165) is 33.0 Å². The maximum absolute atomic E-state index is 13.6. The molecule has 0 heterocycles. The molecule has 10 heteroatoms. The zero-order chi connectivity index (χ0) is 31.5. The number of benzene rings is 4. The smallest absolute Gasteiger partial charge is 0.264 e. The Bertz CT molecular complexity index is 1710. The van der Waals surface area contributed by atoms with Crippen molar-refractivity contribution in [2.75, 3.05) is 24.0 Å². The summed E-state index contributed by atoms with van der Waals surface area (Å²) in [6, 6.07) is 28.6. The summed E-state index contributed by atoms with van der Waals surface area (Å²) in [4.78, 5) is 25.1. The van der Waals surface area contributed by atoms with Crippen LogP contribution in [-0.2, 0) is 26.0 Å². The van der Waals surface area contributed by atoms with Crippen molar-refractivity contribution in [1.29, 1.82) is 0 Å². The van der Waals surface area contributed by atoms with Crippen molar-refractivity contribution >= 4 is 33.7 Å². The summed E-state index contributed by atoms with van der Waals surface area (Å²) in [6.07, 6.45) is 2.18. The van der Waals surface area contributed by atoms with Gasteiger partial charge in [0.25, 0.3) is 21.8 Å². The van der Waals surface area contributed by atoms with Gasteiger partial charge < -0.3 is 10.1 Å². The molecule has 228 valence electrons. The van der Waals surface area contributed by atoms with Crippen LogP contribution in [-0.4, -0.2) is 46.1 Å². The van der Waals surface area contributed by atoms with Crippen LogP contribution in [0.1, 0.15) is 27.8 Å². The maximum Gasteiger partial charge on any atom is 0.264 e. The van der Waals surface area contributed by atoms with Gasteiger partial charge in [0.2, 0.25) is 0 Å².